The lowest BCUT2D eigenvalue weighted by atomic mass is 9.55. The topological polar surface area (TPSA) is 149 Å². The highest BCUT2D eigenvalue weighted by atomic mass is 35.5. The van der Waals surface area contributed by atoms with Gasteiger partial charge in [0, 0.05) is 37.7 Å². The van der Waals surface area contributed by atoms with Crippen LogP contribution in [0.5, 0.6) is 11.5 Å². The van der Waals surface area contributed by atoms with Crippen LogP contribution in [0.2, 0.25) is 0 Å². The maximum atomic E-state index is 13.9. The molecule has 1 amide bonds. The molecule has 0 bridgehead atoms. The highest BCUT2D eigenvalue weighted by Gasteiger charge is 2.65. The molecule has 3 aliphatic rings. The summed E-state index contributed by atoms with van der Waals surface area (Å²) in [4.78, 5) is 21.0. The summed E-state index contributed by atoms with van der Waals surface area (Å²) in [7, 11) is 1.50. The monoisotopic (exact) mass is 734 g/mol. The van der Waals surface area contributed by atoms with Gasteiger partial charge in [0.2, 0.25) is 5.79 Å². The van der Waals surface area contributed by atoms with Crippen LogP contribution >= 0.6 is 11.6 Å². The van der Waals surface area contributed by atoms with E-state index in [0.29, 0.717) is 36.7 Å². The summed E-state index contributed by atoms with van der Waals surface area (Å²) >= 11 is 5.95. The molecule has 0 spiro atoms. The highest BCUT2D eigenvalue weighted by molar-refractivity contribution is 6.18. The largest absolute Gasteiger partial charge is 0.490 e. The third kappa shape index (κ3) is 9.65. The number of aliphatic hydroxyl groups excluding tert-OH is 3. The number of alkyl halides is 1. The Hall–Kier alpha value is -3.13. The van der Waals surface area contributed by atoms with Crippen LogP contribution in [0.15, 0.2) is 60.3 Å². The van der Waals surface area contributed by atoms with Crippen LogP contribution < -0.4 is 9.47 Å². The number of unbranched alkanes of at least 4 members (excludes halogenated alkanes) is 2. The second-order valence-corrected chi connectivity index (χ2v) is 13.3. The van der Waals surface area contributed by atoms with Crippen molar-refractivity contribution in [2.45, 2.75) is 62.7 Å². The molecular weight excluding hydrogens is 680 g/mol. The first-order chi connectivity index (χ1) is 24.9. The lowest BCUT2D eigenvalue weighted by Gasteiger charge is -2.59. The zero-order chi connectivity index (χ0) is 36.6. The van der Waals surface area contributed by atoms with Gasteiger partial charge in [-0.1, -0.05) is 42.8 Å². The smallest absolute Gasteiger partial charge is 0.410 e. The van der Waals surface area contributed by atoms with Gasteiger partial charge in [-0.3, -0.25) is 4.90 Å². The zero-order valence-electron chi connectivity index (χ0n) is 29.8. The van der Waals surface area contributed by atoms with Crippen LogP contribution in [-0.4, -0.2) is 116 Å². The predicted molar refractivity (Wildman–Crippen MR) is 194 cm³/mol. The number of fused-ring (bicyclic) bond motifs is 2. The van der Waals surface area contributed by atoms with Crippen LogP contribution in [-0.2, 0) is 19.0 Å². The fourth-order valence-electron chi connectivity index (χ4n) is 7.92. The number of hydrogen-bond acceptors (Lipinski definition) is 11. The molecule has 0 radical (unpaired) electrons. The van der Waals surface area contributed by atoms with E-state index in [2.05, 4.69) is 24.4 Å². The second-order valence-electron chi connectivity index (χ2n) is 12.9. The molecule has 0 aromatic heterocycles. The first kappa shape index (κ1) is 40.6. The average molecular weight is 735 g/mol. The Morgan fingerprint density at radius 2 is 1.82 bits per heavy atom. The number of allylic oxidation sites excluding steroid dienone is 1. The molecule has 1 saturated carbocycles. The first-order valence-electron chi connectivity index (χ1n) is 18.0. The Balaban J connectivity index is 2.00. The number of hydrogen-bond donors (Lipinski definition) is 3. The summed E-state index contributed by atoms with van der Waals surface area (Å²) in [6.45, 7) is 8.57. The van der Waals surface area contributed by atoms with Crippen molar-refractivity contribution >= 4 is 23.4 Å². The Morgan fingerprint density at radius 3 is 2.51 bits per heavy atom. The minimum atomic E-state index is -1.43. The van der Waals surface area contributed by atoms with Crippen LogP contribution in [0.1, 0.15) is 56.4 Å². The summed E-state index contributed by atoms with van der Waals surface area (Å²) in [5.41, 5.74) is 2.53. The number of halogens is 1. The van der Waals surface area contributed by atoms with Crippen molar-refractivity contribution < 1.29 is 48.6 Å². The number of nitrogens with zero attached hydrogens (tertiary/aromatic N) is 2. The number of carbonyl (C=O) groups is 1. The Kier molecular flexibility index (Phi) is 16.6. The quantitative estimate of drug-likeness (QED) is 0.0593. The Bertz CT molecular complexity index is 1340. The van der Waals surface area contributed by atoms with Gasteiger partial charge in [-0.05, 0) is 61.3 Å². The van der Waals surface area contributed by atoms with Crippen molar-refractivity contribution in [1.82, 2.24) is 4.90 Å². The summed E-state index contributed by atoms with van der Waals surface area (Å²) in [6.07, 6.45) is 9.84. The van der Waals surface area contributed by atoms with Gasteiger partial charge in [0.05, 0.1) is 43.9 Å². The molecule has 3 N–H and O–H groups in total. The van der Waals surface area contributed by atoms with E-state index in [-0.39, 0.29) is 82.8 Å². The van der Waals surface area contributed by atoms with Gasteiger partial charge < -0.3 is 43.8 Å². The number of carbonyl (C=O) groups excluding carboxylic acids is 1. The van der Waals surface area contributed by atoms with Gasteiger partial charge in [0.15, 0.2) is 0 Å². The number of amides is 1. The molecule has 1 aromatic rings. The van der Waals surface area contributed by atoms with Crippen LogP contribution in [0.25, 0.3) is 0 Å². The molecule has 51 heavy (non-hydrogen) atoms. The molecule has 284 valence electrons. The lowest BCUT2D eigenvalue weighted by Crippen LogP contribution is -2.70. The molecule has 6 unspecified atom stereocenters. The summed E-state index contributed by atoms with van der Waals surface area (Å²) in [5.74, 6) is -0.536. The van der Waals surface area contributed by atoms with E-state index in [0.717, 1.165) is 36.8 Å². The molecule has 1 fully saturated rings. The van der Waals surface area contributed by atoms with E-state index < -0.39 is 23.8 Å². The maximum absolute atomic E-state index is 13.9. The third-order valence-corrected chi connectivity index (χ3v) is 9.99. The summed E-state index contributed by atoms with van der Waals surface area (Å²) in [6, 6.07) is 5.00. The molecule has 1 aliphatic heterocycles. The SMILES string of the molecule is C=CCOc1ccc2c(c1)C1C(CCCCO)C(CCCCO)C=C3C(=NOC)CC(N(CCOCCO)C(=O)OCCCl)C(OCC=C)(O2)C31. The standard InChI is InChI=1S/C38H55ClN2O10/c1-4-19-48-28-12-13-33-31(25-28)35-29(11-7-9-17-43)27(10-6-8-16-42)24-30-32(40-46-3)26-34(38(51-33,36(30)35)50-20-5-2)41(15-22-47-23-18-44)37(45)49-21-14-39/h4-5,12-13,24-25,27,29,34-36,42-44H,1-2,6-11,14-23,26H2,3H3. The molecule has 6 atom stereocenters. The van der Waals surface area contributed by atoms with Crippen molar-refractivity contribution in [3.63, 3.8) is 0 Å². The molecule has 4 rings (SSSR count). The van der Waals surface area contributed by atoms with Crippen molar-refractivity contribution in [2.24, 2.45) is 22.9 Å². The summed E-state index contributed by atoms with van der Waals surface area (Å²) < 4.78 is 31.3. The van der Waals surface area contributed by atoms with Gasteiger partial charge in [0.25, 0.3) is 0 Å². The Labute approximate surface area is 306 Å². The van der Waals surface area contributed by atoms with Crippen LogP contribution in [0, 0.1) is 17.8 Å². The zero-order valence-corrected chi connectivity index (χ0v) is 30.5. The third-order valence-electron chi connectivity index (χ3n) is 9.84. The van der Waals surface area contributed by atoms with Gasteiger partial charge >= 0.3 is 6.09 Å². The van der Waals surface area contributed by atoms with Crippen LogP contribution in [0.3, 0.4) is 0 Å². The first-order valence-corrected chi connectivity index (χ1v) is 18.5. The van der Waals surface area contributed by atoms with E-state index in [9.17, 15) is 20.1 Å². The molecule has 1 aromatic carbocycles. The highest BCUT2D eigenvalue weighted by Crippen LogP contribution is 2.61. The fraction of sp³-hybridized carbons (Fsp3) is 0.632. The minimum Gasteiger partial charge on any atom is -0.490 e. The molecule has 12 nitrogen and oxygen atoms in total. The van der Waals surface area contributed by atoms with Crippen molar-refractivity contribution in [3.8, 4) is 11.5 Å². The number of rotatable bonds is 23. The maximum Gasteiger partial charge on any atom is 0.410 e. The van der Waals surface area contributed by atoms with E-state index in [4.69, 9.17) is 40.1 Å². The van der Waals surface area contributed by atoms with Gasteiger partial charge in [-0.2, -0.15) is 0 Å². The summed E-state index contributed by atoms with van der Waals surface area (Å²) in [5, 5.41) is 33.4. The van der Waals surface area contributed by atoms with E-state index >= 15 is 0 Å². The number of benzene rings is 1. The molecule has 1 heterocycles. The van der Waals surface area contributed by atoms with Gasteiger partial charge in [-0.25, -0.2) is 4.79 Å². The van der Waals surface area contributed by atoms with Crippen LogP contribution in [0.4, 0.5) is 4.79 Å². The fourth-order valence-corrected chi connectivity index (χ4v) is 7.99. The van der Waals surface area contributed by atoms with Crippen molar-refractivity contribution in [1.29, 1.82) is 0 Å². The number of aliphatic hydroxyl groups is 3. The van der Waals surface area contributed by atoms with Gasteiger partial charge in [-0.15, -0.1) is 18.2 Å². The molecular formula is C38H55ClN2O10. The predicted octanol–water partition coefficient (Wildman–Crippen LogP) is 5.20. The average Bonchev–Trinajstić information content (AvgIpc) is 3.14. The normalized spacial score (nSPS) is 25.5. The lowest BCUT2D eigenvalue weighted by molar-refractivity contribution is -0.256. The van der Waals surface area contributed by atoms with Crippen molar-refractivity contribution in [3.05, 3.63) is 60.7 Å². The Morgan fingerprint density at radius 1 is 1.06 bits per heavy atom. The van der Waals surface area contributed by atoms with E-state index in [1.807, 2.05) is 18.2 Å². The van der Waals surface area contributed by atoms with E-state index in [1.165, 1.54) is 7.11 Å². The number of ether oxygens (including phenoxy) is 5. The molecule has 2 aliphatic carbocycles. The second kappa shape index (κ2) is 20.8. The van der Waals surface area contributed by atoms with Gasteiger partial charge in [0.1, 0.15) is 37.9 Å². The van der Waals surface area contributed by atoms with Crippen molar-refractivity contribution in [2.75, 3.05) is 72.4 Å². The number of oxime groups is 1. The van der Waals surface area contributed by atoms with E-state index in [1.54, 1.807) is 17.1 Å². The minimum absolute atomic E-state index is 0.00251. The molecule has 0 saturated heterocycles. The molecule has 13 heteroatoms.